The van der Waals surface area contributed by atoms with Crippen molar-refractivity contribution in [2.75, 3.05) is 53.6 Å². The zero-order valence-corrected chi connectivity index (χ0v) is 52.9. The van der Waals surface area contributed by atoms with Crippen molar-refractivity contribution in [2.45, 2.75) is 101 Å². The second-order valence-electron chi connectivity index (χ2n) is 23.2. The van der Waals surface area contributed by atoms with E-state index in [1.807, 2.05) is 72.8 Å². The van der Waals surface area contributed by atoms with E-state index in [0.717, 1.165) is 47.9 Å². The second-order valence-corrected chi connectivity index (χ2v) is 23.2. The lowest BCUT2D eigenvalue weighted by Crippen LogP contribution is -2.66. The molecule has 20 nitrogen and oxygen atoms in total. The number of methoxy groups -OCH3 is 2. The summed E-state index contributed by atoms with van der Waals surface area (Å²) >= 11 is 0. The summed E-state index contributed by atoms with van der Waals surface area (Å²) in [6.07, 6.45) is 10.8. The molecule has 10 rings (SSSR count). The summed E-state index contributed by atoms with van der Waals surface area (Å²) in [5.41, 5.74) is 4.10. The van der Waals surface area contributed by atoms with E-state index in [4.69, 9.17) is 18.9 Å². The first-order valence-electron chi connectivity index (χ1n) is 31.4. The second kappa shape index (κ2) is 32.8. The molecule has 0 saturated carbocycles. The van der Waals surface area contributed by atoms with Gasteiger partial charge in [-0.3, -0.25) is 28.8 Å². The molecule has 2 aliphatic rings. The SMILES string of the molecule is CCCCOC1(c2ccc(F)cc2)CN(C(=O)[C@H](Cc2ccc(OC)cc2)NC(=O)[C@H](Cc2c[nH]cn2)NC(=O)c2ccccc2)C1.CCCCOC1(c2ccccc2)CN(C(=O)[C@H](Cc2ccc(OC)cc2)NC(=O)[C@H](Cc2c[nH]cn2)NC(=O)c2ccccc2)C1. The van der Waals surface area contributed by atoms with Crippen LogP contribution >= 0.6 is 0 Å². The van der Waals surface area contributed by atoms with Crippen LogP contribution in [0.4, 0.5) is 4.39 Å². The predicted octanol–water partition coefficient (Wildman–Crippen LogP) is 8.22. The number of aromatic nitrogens is 4. The van der Waals surface area contributed by atoms with Crippen molar-refractivity contribution in [1.29, 1.82) is 0 Å². The van der Waals surface area contributed by atoms with Gasteiger partial charge < -0.3 is 60.0 Å². The van der Waals surface area contributed by atoms with Gasteiger partial charge in [0.25, 0.3) is 11.8 Å². The Labute approximate surface area is 541 Å². The van der Waals surface area contributed by atoms with Crippen LogP contribution < -0.4 is 30.7 Å². The third-order valence-electron chi connectivity index (χ3n) is 16.5. The number of unbranched alkanes of at least 4 members (excludes halogenated alkanes) is 2. The van der Waals surface area contributed by atoms with Gasteiger partial charge in [0.05, 0.1) is 64.4 Å². The Balaban J connectivity index is 0.000000219. The summed E-state index contributed by atoms with van der Waals surface area (Å²) in [4.78, 5) is 100.0. The maximum Gasteiger partial charge on any atom is 0.251 e. The van der Waals surface area contributed by atoms with Gasteiger partial charge in [0.2, 0.25) is 23.6 Å². The van der Waals surface area contributed by atoms with E-state index in [2.05, 4.69) is 55.1 Å². The molecule has 4 atom stereocenters. The van der Waals surface area contributed by atoms with Crippen molar-refractivity contribution in [2.24, 2.45) is 0 Å². The van der Waals surface area contributed by atoms with E-state index < -0.39 is 59.0 Å². The number of aromatic amines is 2. The first kappa shape index (κ1) is 67.4. The molecule has 6 aromatic carbocycles. The minimum atomic E-state index is -1.01. The van der Waals surface area contributed by atoms with Crippen molar-refractivity contribution in [3.8, 4) is 11.5 Å². The fourth-order valence-electron chi connectivity index (χ4n) is 11.2. The summed E-state index contributed by atoms with van der Waals surface area (Å²) in [6, 6.07) is 44.3. The summed E-state index contributed by atoms with van der Waals surface area (Å²) in [5, 5.41) is 11.6. The Morgan fingerprint density at radius 1 is 0.484 bits per heavy atom. The van der Waals surface area contributed by atoms with Crippen molar-refractivity contribution in [1.82, 2.24) is 51.0 Å². The van der Waals surface area contributed by atoms with Crippen molar-refractivity contribution in [3.63, 3.8) is 0 Å². The third kappa shape index (κ3) is 18.2. The molecule has 2 aromatic heterocycles. The third-order valence-corrected chi connectivity index (χ3v) is 16.5. The number of carbonyl (C=O) groups is 6. The number of likely N-dealkylation sites (tertiary alicyclic amines) is 2. The smallest absolute Gasteiger partial charge is 0.251 e. The number of imidazole rings is 2. The Morgan fingerprint density at radius 3 is 1.22 bits per heavy atom. The highest BCUT2D eigenvalue weighted by molar-refractivity contribution is 5.99. The summed E-state index contributed by atoms with van der Waals surface area (Å²) < 4.78 is 37.1. The summed E-state index contributed by atoms with van der Waals surface area (Å²) in [7, 11) is 3.17. The largest absolute Gasteiger partial charge is 0.497 e. The Kier molecular flexibility index (Phi) is 23.8. The lowest BCUT2D eigenvalue weighted by Gasteiger charge is -2.51. The van der Waals surface area contributed by atoms with E-state index in [0.29, 0.717) is 60.3 Å². The maximum absolute atomic E-state index is 14.1. The molecule has 0 aliphatic carbocycles. The standard InChI is InChI=1S/C36H40FN5O5.C36H41N5O5/c1-3-4-18-47-36(27-12-14-28(37)15-13-27)22-42(23-36)35(45)32(19-25-10-16-30(46-2)17-11-25)41-34(44)31(20-29-21-38-24-39-29)40-33(43)26-8-6-5-7-9-26;1-3-4-19-46-36(28-13-9-6-10-14-28)23-41(24-36)35(44)32(20-26-15-17-30(45-2)18-16-26)40-34(43)31(21-29-22-37-25-38-29)39-33(42)27-11-7-5-8-12-27/h5-17,21,24,31-32H,3-4,18-20,22-23H2,1-2H3,(H,38,39)(H,40,43)(H,41,44);5-18,22,25,31-32H,3-4,19-21,23-24H2,1-2H3,(H,37,38)(H,39,42)(H,40,43)/t2*31-,32-/m00/s1. The van der Waals surface area contributed by atoms with Crippen LogP contribution in [0.5, 0.6) is 11.5 Å². The average molecular weight is 1270 g/mol. The average Bonchev–Trinajstić information content (AvgIpc) is 1.11. The van der Waals surface area contributed by atoms with Crippen LogP contribution in [-0.4, -0.2) is 143 Å². The van der Waals surface area contributed by atoms with E-state index in [9.17, 15) is 33.2 Å². The number of hydrogen-bond acceptors (Lipinski definition) is 12. The van der Waals surface area contributed by atoms with Crippen LogP contribution in [0.2, 0.25) is 0 Å². The van der Waals surface area contributed by atoms with E-state index >= 15 is 0 Å². The Hall–Kier alpha value is -9.99. The molecule has 8 aromatic rings. The van der Waals surface area contributed by atoms with E-state index in [-0.39, 0.29) is 56.4 Å². The summed E-state index contributed by atoms with van der Waals surface area (Å²) in [5.74, 6) is -1.32. The topological polar surface area (TPSA) is 251 Å². The predicted molar refractivity (Wildman–Crippen MR) is 348 cm³/mol. The normalized spacial score (nSPS) is 14.8. The molecule has 486 valence electrons. The van der Waals surface area contributed by atoms with Gasteiger partial charge >= 0.3 is 0 Å². The van der Waals surface area contributed by atoms with Crippen molar-refractivity contribution < 1.29 is 52.1 Å². The number of carbonyl (C=O) groups excluding carboxylic acids is 6. The fraction of sp³-hybridized carbons (Fsp3) is 0.333. The van der Waals surface area contributed by atoms with Crippen LogP contribution in [0.25, 0.3) is 0 Å². The number of hydrogen-bond donors (Lipinski definition) is 6. The minimum Gasteiger partial charge on any atom is -0.497 e. The molecule has 2 fully saturated rings. The number of nitrogens with zero attached hydrogens (tertiary/aromatic N) is 4. The van der Waals surface area contributed by atoms with Crippen LogP contribution in [0.1, 0.15) is 93.9 Å². The highest BCUT2D eigenvalue weighted by Gasteiger charge is 2.51. The van der Waals surface area contributed by atoms with E-state index in [1.165, 1.54) is 24.8 Å². The number of halogens is 1. The van der Waals surface area contributed by atoms with Crippen molar-refractivity contribution in [3.05, 3.63) is 239 Å². The molecule has 0 spiro atoms. The fourth-order valence-corrected chi connectivity index (χ4v) is 11.2. The zero-order chi connectivity index (χ0) is 65.6. The number of amides is 6. The molecule has 6 amide bonds. The molecule has 21 heteroatoms. The van der Waals surface area contributed by atoms with Gasteiger partial charge in [-0.05, 0) is 95.8 Å². The highest BCUT2D eigenvalue weighted by atomic mass is 19.1. The van der Waals surface area contributed by atoms with Crippen LogP contribution in [0.3, 0.4) is 0 Å². The molecule has 4 heterocycles. The number of ether oxygens (including phenoxy) is 4. The van der Waals surface area contributed by atoms with Gasteiger partial charge in [-0.15, -0.1) is 0 Å². The molecule has 0 radical (unpaired) electrons. The van der Waals surface area contributed by atoms with Gasteiger partial charge in [0.15, 0.2) is 0 Å². The van der Waals surface area contributed by atoms with E-state index in [1.54, 1.807) is 115 Å². The lowest BCUT2D eigenvalue weighted by molar-refractivity contribution is -0.175. The molecule has 93 heavy (non-hydrogen) atoms. The first-order valence-corrected chi connectivity index (χ1v) is 31.4. The first-order chi connectivity index (χ1) is 45.2. The Bertz CT molecular complexity index is 3650. The van der Waals surface area contributed by atoms with Crippen molar-refractivity contribution >= 4 is 35.4 Å². The number of nitrogens with one attached hydrogen (secondary N) is 6. The van der Waals surface area contributed by atoms with Crippen LogP contribution in [0.15, 0.2) is 189 Å². The Morgan fingerprint density at radius 2 is 0.860 bits per heavy atom. The van der Waals surface area contributed by atoms with Gasteiger partial charge in [-0.2, -0.15) is 0 Å². The van der Waals surface area contributed by atoms with Crippen LogP contribution in [-0.2, 0) is 65.5 Å². The molecular weight excluding hydrogens is 1180 g/mol. The molecule has 2 aliphatic heterocycles. The van der Waals surface area contributed by atoms with Gasteiger partial charge in [0.1, 0.15) is 52.7 Å². The lowest BCUT2D eigenvalue weighted by atomic mass is 9.84. The van der Waals surface area contributed by atoms with Gasteiger partial charge in [0, 0.05) is 62.4 Å². The molecular formula is C72H81FN10O10. The van der Waals surface area contributed by atoms with Crippen LogP contribution in [0, 0.1) is 5.82 Å². The highest BCUT2D eigenvalue weighted by Crippen LogP contribution is 2.38. The maximum atomic E-state index is 14.1. The summed E-state index contributed by atoms with van der Waals surface area (Å²) in [6.45, 7) is 6.51. The number of H-pyrrole nitrogens is 2. The molecule has 6 N–H and O–H groups in total. The van der Waals surface area contributed by atoms with Gasteiger partial charge in [-0.1, -0.05) is 130 Å². The quantitative estimate of drug-likeness (QED) is 0.0233. The zero-order valence-electron chi connectivity index (χ0n) is 52.9. The molecule has 2 saturated heterocycles. The number of rotatable bonds is 30. The van der Waals surface area contributed by atoms with Gasteiger partial charge in [-0.25, -0.2) is 14.4 Å². The minimum absolute atomic E-state index is 0.111. The number of benzene rings is 6. The molecule has 0 unspecified atom stereocenters. The monoisotopic (exact) mass is 1260 g/mol. The molecule has 0 bridgehead atoms.